The molecule has 15 heavy (non-hydrogen) atoms. The number of nitro benzene ring substituents is 1. The molecule has 2 N–H and O–H groups in total. The summed E-state index contributed by atoms with van der Waals surface area (Å²) in [4.78, 5) is 10.5. The molecule has 1 fully saturated rings. The molecule has 0 amide bonds. The number of hydrogen-bond acceptors (Lipinski definition) is 3. The Bertz CT molecular complexity index is 415. The highest BCUT2D eigenvalue weighted by Crippen LogP contribution is 2.58. The maximum Gasteiger partial charge on any atom is 0.272 e. The minimum atomic E-state index is -0.337. The third kappa shape index (κ3) is 1.41. The van der Waals surface area contributed by atoms with Crippen molar-refractivity contribution in [1.29, 1.82) is 0 Å². The number of nitrogens with zero attached hydrogens (tertiary/aromatic N) is 1. The second kappa shape index (κ2) is 3.03. The van der Waals surface area contributed by atoms with Gasteiger partial charge in [-0.2, -0.15) is 0 Å². The van der Waals surface area contributed by atoms with Crippen LogP contribution in [0.4, 0.5) is 5.69 Å². The van der Waals surface area contributed by atoms with E-state index < -0.39 is 0 Å². The van der Waals surface area contributed by atoms with Gasteiger partial charge < -0.3 is 5.73 Å². The van der Waals surface area contributed by atoms with E-state index in [1.807, 2.05) is 19.9 Å². The summed E-state index contributed by atoms with van der Waals surface area (Å²) in [6.07, 6.45) is 0. The standard InChI is InChI=1S/C11H14N2O2/c1-11(2)9(10(11)12)7-5-3-4-6-8(7)13(14)15/h3-6,9-10H,12H2,1-2H3. The van der Waals surface area contributed by atoms with Crippen LogP contribution >= 0.6 is 0 Å². The molecular formula is C11H14N2O2. The summed E-state index contributed by atoms with van der Waals surface area (Å²) < 4.78 is 0. The Morgan fingerprint density at radius 3 is 2.40 bits per heavy atom. The molecule has 4 nitrogen and oxygen atoms in total. The Balaban J connectivity index is 2.42. The minimum absolute atomic E-state index is 0.0217. The molecule has 0 heterocycles. The van der Waals surface area contributed by atoms with Crippen molar-refractivity contribution in [1.82, 2.24) is 0 Å². The van der Waals surface area contributed by atoms with Crippen LogP contribution in [0.2, 0.25) is 0 Å². The quantitative estimate of drug-likeness (QED) is 0.594. The van der Waals surface area contributed by atoms with E-state index in [9.17, 15) is 10.1 Å². The number of nitrogens with two attached hydrogens (primary N) is 1. The molecule has 2 atom stereocenters. The van der Waals surface area contributed by atoms with Crippen LogP contribution in [-0.4, -0.2) is 11.0 Å². The highest BCUT2D eigenvalue weighted by molar-refractivity contribution is 5.48. The van der Waals surface area contributed by atoms with E-state index in [1.54, 1.807) is 12.1 Å². The molecule has 1 aromatic rings. The molecule has 0 radical (unpaired) electrons. The second-order valence-electron chi connectivity index (χ2n) is 4.64. The van der Waals surface area contributed by atoms with E-state index in [-0.39, 0.29) is 28.0 Å². The second-order valence-corrected chi connectivity index (χ2v) is 4.64. The first-order chi connectivity index (χ1) is 6.96. The Hall–Kier alpha value is -1.42. The predicted molar refractivity (Wildman–Crippen MR) is 57.6 cm³/mol. The van der Waals surface area contributed by atoms with Crippen LogP contribution in [-0.2, 0) is 0 Å². The largest absolute Gasteiger partial charge is 0.327 e. The molecule has 1 aliphatic rings. The van der Waals surface area contributed by atoms with Crippen molar-refractivity contribution < 1.29 is 4.92 Å². The van der Waals surface area contributed by atoms with Crippen molar-refractivity contribution in [2.75, 3.05) is 0 Å². The number of para-hydroxylation sites is 1. The highest BCUT2D eigenvalue weighted by Gasteiger charge is 2.57. The van der Waals surface area contributed by atoms with E-state index in [0.29, 0.717) is 0 Å². The lowest BCUT2D eigenvalue weighted by atomic mass is 10.0. The Labute approximate surface area is 88.2 Å². The molecule has 4 heteroatoms. The normalized spacial score (nSPS) is 27.4. The van der Waals surface area contributed by atoms with Gasteiger partial charge in [-0.15, -0.1) is 0 Å². The van der Waals surface area contributed by atoms with Crippen molar-refractivity contribution in [3.63, 3.8) is 0 Å². The lowest BCUT2D eigenvalue weighted by molar-refractivity contribution is -0.385. The summed E-state index contributed by atoms with van der Waals surface area (Å²) in [5, 5.41) is 10.8. The Morgan fingerprint density at radius 2 is 1.93 bits per heavy atom. The van der Waals surface area contributed by atoms with Gasteiger partial charge in [-0.05, 0) is 5.41 Å². The van der Waals surface area contributed by atoms with E-state index in [1.165, 1.54) is 6.07 Å². The Morgan fingerprint density at radius 1 is 1.40 bits per heavy atom. The van der Waals surface area contributed by atoms with Crippen molar-refractivity contribution in [3.05, 3.63) is 39.9 Å². The number of hydrogen-bond donors (Lipinski definition) is 1. The van der Waals surface area contributed by atoms with Crippen molar-refractivity contribution in [2.24, 2.45) is 11.1 Å². The van der Waals surface area contributed by atoms with Crippen LogP contribution in [0.25, 0.3) is 0 Å². The van der Waals surface area contributed by atoms with Crippen LogP contribution in [0, 0.1) is 15.5 Å². The monoisotopic (exact) mass is 206 g/mol. The summed E-state index contributed by atoms with van der Waals surface area (Å²) in [6.45, 7) is 4.08. The summed E-state index contributed by atoms with van der Waals surface area (Å²) in [5.41, 5.74) is 6.85. The molecular weight excluding hydrogens is 192 g/mol. The van der Waals surface area contributed by atoms with E-state index >= 15 is 0 Å². The smallest absolute Gasteiger partial charge is 0.272 e. The van der Waals surface area contributed by atoms with Gasteiger partial charge in [0.15, 0.2) is 0 Å². The molecule has 1 aromatic carbocycles. The molecule has 1 saturated carbocycles. The van der Waals surface area contributed by atoms with Crippen LogP contribution in [0.1, 0.15) is 25.3 Å². The first kappa shape index (κ1) is 10.1. The van der Waals surface area contributed by atoms with E-state index in [4.69, 9.17) is 5.73 Å². The van der Waals surface area contributed by atoms with Gasteiger partial charge in [-0.25, -0.2) is 0 Å². The fourth-order valence-electron chi connectivity index (χ4n) is 2.19. The lowest BCUT2D eigenvalue weighted by Crippen LogP contribution is -2.06. The van der Waals surface area contributed by atoms with Gasteiger partial charge in [0.05, 0.1) is 4.92 Å². The average molecular weight is 206 g/mol. The van der Waals surface area contributed by atoms with Crippen LogP contribution in [0.5, 0.6) is 0 Å². The van der Waals surface area contributed by atoms with Gasteiger partial charge in [-0.3, -0.25) is 10.1 Å². The summed E-state index contributed by atoms with van der Waals surface area (Å²) in [5.74, 6) is 0.110. The van der Waals surface area contributed by atoms with Crippen molar-refractivity contribution in [3.8, 4) is 0 Å². The first-order valence-electron chi connectivity index (χ1n) is 4.95. The van der Waals surface area contributed by atoms with Crippen LogP contribution in [0.3, 0.4) is 0 Å². The zero-order valence-corrected chi connectivity index (χ0v) is 8.81. The molecule has 0 bridgehead atoms. The number of nitro groups is 1. The maximum atomic E-state index is 10.8. The third-order valence-corrected chi connectivity index (χ3v) is 3.38. The fourth-order valence-corrected chi connectivity index (χ4v) is 2.19. The molecule has 2 unspecified atom stereocenters. The van der Waals surface area contributed by atoms with Gasteiger partial charge in [0.1, 0.15) is 0 Å². The number of benzene rings is 1. The molecule has 0 aliphatic heterocycles. The molecule has 1 aliphatic carbocycles. The van der Waals surface area contributed by atoms with Gasteiger partial charge in [0.25, 0.3) is 5.69 Å². The SMILES string of the molecule is CC1(C)C(N)C1c1ccccc1[N+](=O)[O-]. The first-order valence-corrected chi connectivity index (χ1v) is 4.95. The highest BCUT2D eigenvalue weighted by atomic mass is 16.6. The topological polar surface area (TPSA) is 69.2 Å². The van der Waals surface area contributed by atoms with Crippen LogP contribution in [0.15, 0.2) is 24.3 Å². The van der Waals surface area contributed by atoms with E-state index in [0.717, 1.165) is 5.56 Å². The van der Waals surface area contributed by atoms with Gasteiger partial charge >= 0.3 is 0 Å². The van der Waals surface area contributed by atoms with Gasteiger partial charge in [-0.1, -0.05) is 32.0 Å². The lowest BCUT2D eigenvalue weighted by Gasteiger charge is -2.03. The Kier molecular flexibility index (Phi) is 2.04. The van der Waals surface area contributed by atoms with E-state index in [2.05, 4.69) is 0 Å². The molecule has 2 rings (SSSR count). The zero-order chi connectivity index (χ0) is 11.2. The van der Waals surface area contributed by atoms with Gasteiger partial charge in [0, 0.05) is 23.6 Å². The molecule has 0 spiro atoms. The maximum absolute atomic E-state index is 10.8. The molecule has 0 aromatic heterocycles. The van der Waals surface area contributed by atoms with Gasteiger partial charge in [0.2, 0.25) is 0 Å². The van der Waals surface area contributed by atoms with Crippen molar-refractivity contribution in [2.45, 2.75) is 25.8 Å². The minimum Gasteiger partial charge on any atom is -0.327 e. The molecule has 0 saturated heterocycles. The number of rotatable bonds is 2. The predicted octanol–water partition coefficient (Wildman–Crippen LogP) is 2.05. The average Bonchev–Trinajstić information content (AvgIpc) is 2.66. The summed E-state index contributed by atoms with van der Waals surface area (Å²) in [6, 6.07) is 6.87. The summed E-state index contributed by atoms with van der Waals surface area (Å²) in [7, 11) is 0. The zero-order valence-electron chi connectivity index (χ0n) is 8.81. The molecule has 80 valence electrons. The third-order valence-electron chi connectivity index (χ3n) is 3.38. The fraction of sp³-hybridized carbons (Fsp3) is 0.455. The summed E-state index contributed by atoms with van der Waals surface area (Å²) >= 11 is 0. The van der Waals surface area contributed by atoms with Crippen molar-refractivity contribution >= 4 is 5.69 Å². The van der Waals surface area contributed by atoms with Crippen LogP contribution < -0.4 is 5.73 Å².